The fourth-order valence-electron chi connectivity index (χ4n) is 2.50. The zero-order valence-corrected chi connectivity index (χ0v) is 18.5. The van der Waals surface area contributed by atoms with Gasteiger partial charge in [0.15, 0.2) is 12.1 Å². The Hall–Kier alpha value is -2.59. The molecule has 14 nitrogen and oxygen atoms in total. The fourth-order valence-corrected chi connectivity index (χ4v) is 4.10. The summed E-state index contributed by atoms with van der Waals surface area (Å²) in [4.78, 5) is 35.5. The molecule has 0 aliphatic carbocycles. The number of aromatic hydroxyl groups is 1. The second-order valence-electron chi connectivity index (χ2n) is 6.24. The van der Waals surface area contributed by atoms with Crippen molar-refractivity contribution in [2.45, 2.75) is 23.1 Å². The number of benzene rings is 1. The third kappa shape index (κ3) is 6.23. The Kier molecular flexibility index (Phi) is 7.31. The molecule has 2 rings (SSSR count). The first-order valence-corrected chi connectivity index (χ1v) is 12.8. The topological polar surface area (TPSA) is 247 Å². The second-order valence-corrected chi connectivity index (χ2v) is 10.7. The fraction of sp³-hybridized carbons (Fsp3) is 0.200. The number of hydrogen-bond donors (Lipinski definition) is 3. The van der Waals surface area contributed by atoms with E-state index in [2.05, 4.69) is 15.2 Å². The Bertz CT molecular complexity index is 1370. The number of hydrogen-bond acceptors (Lipinski definition) is 12. The van der Waals surface area contributed by atoms with E-state index in [1.54, 1.807) is 0 Å². The number of aryl methyl sites for hydroxylation is 1. The van der Waals surface area contributed by atoms with Crippen LogP contribution in [0.5, 0.6) is 5.75 Å². The molecule has 0 saturated carbocycles. The Labute approximate surface area is 181 Å². The SMILES string of the molecule is Cc1nc(N=Nc2cc(S(=O)(=O)O)ccc2S(=O)(=O)O)c(CCP(=O)([O-])[O-])c(C=O)c1O. The third-order valence-electron chi connectivity index (χ3n) is 3.98. The molecule has 0 atom stereocenters. The van der Waals surface area contributed by atoms with E-state index in [0.29, 0.717) is 18.2 Å². The minimum Gasteiger partial charge on any atom is -0.811 e. The van der Waals surface area contributed by atoms with Crippen LogP contribution in [0.3, 0.4) is 0 Å². The quantitative estimate of drug-likeness (QED) is 0.188. The average Bonchev–Trinajstić information content (AvgIpc) is 2.64. The van der Waals surface area contributed by atoms with Gasteiger partial charge in [-0.3, -0.25) is 13.9 Å². The summed E-state index contributed by atoms with van der Waals surface area (Å²) in [6.07, 6.45) is -1.43. The number of carbonyl (C=O) groups excluding carboxylic acids is 1. The number of pyridine rings is 1. The van der Waals surface area contributed by atoms with Crippen LogP contribution in [0.4, 0.5) is 11.5 Å². The smallest absolute Gasteiger partial charge is 0.296 e. The number of aromatic nitrogens is 1. The number of rotatable bonds is 8. The summed E-state index contributed by atoms with van der Waals surface area (Å²) in [6, 6.07) is 1.88. The highest BCUT2D eigenvalue weighted by Gasteiger charge is 2.21. The van der Waals surface area contributed by atoms with E-state index in [9.17, 15) is 45.6 Å². The molecule has 0 aliphatic rings. The van der Waals surface area contributed by atoms with Crippen molar-refractivity contribution in [1.82, 2.24) is 4.98 Å². The largest absolute Gasteiger partial charge is 0.811 e. The van der Waals surface area contributed by atoms with Gasteiger partial charge in [-0.05, 0) is 37.7 Å². The summed E-state index contributed by atoms with van der Waals surface area (Å²) in [5.74, 6) is -1.11. The standard InChI is InChI=1S/C15H16N3O11PS2/c1-8-14(20)11(7-19)10(4-5-30(21,22)23)15(16-8)18-17-12-6-9(31(24,25)26)2-3-13(12)32(27,28)29/h2-3,6-7,20H,4-5H2,1H3,(H2,21,22,23)(H,24,25,26)(H,27,28,29)/p-2. The maximum Gasteiger partial charge on any atom is 0.296 e. The number of azo groups is 1. The molecule has 0 bridgehead atoms. The first-order valence-electron chi connectivity index (χ1n) is 8.24. The summed E-state index contributed by atoms with van der Waals surface area (Å²) in [5, 5.41) is 17.1. The maximum atomic E-state index is 11.6. The van der Waals surface area contributed by atoms with Gasteiger partial charge in [0.05, 0.1) is 16.2 Å². The number of nitrogens with zero attached hydrogens (tertiary/aromatic N) is 3. The van der Waals surface area contributed by atoms with Gasteiger partial charge in [0.2, 0.25) is 0 Å². The Morgan fingerprint density at radius 1 is 1.12 bits per heavy atom. The van der Waals surface area contributed by atoms with Crippen molar-refractivity contribution in [3.8, 4) is 5.75 Å². The predicted octanol–water partition coefficient (Wildman–Crippen LogP) is 0.273. The highest BCUT2D eigenvalue weighted by molar-refractivity contribution is 7.86. The lowest BCUT2D eigenvalue weighted by Crippen LogP contribution is -2.18. The third-order valence-corrected chi connectivity index (χ3v) is 6.50. The summed E-state index contributed by atoms with van der Waals surface area (Å²) in [5.41, 5.74) is -1.66. The molecule has 1 aromatic heterocycles. The molecule has 3 N–H and O–H groups in total. The Morgan fingerprint density at radius 2 is 1.75 bits per heavy atom. The minimum absolute atomic E-state index is 0.154. The zero-order chi connectivity index (χ0) is 24.5. The highest BCUT2D eigenvalue weighted by atomic mass is 32.2. The van der Waals surface area contributed by atoms with Gasteiger partial charge in [0.1, 0.15) is 16.3 Å². The van der Waals surface area contributed by atoms with Crippen LogP contribution in [0.1, 0.15) is 21.6 Å². The zero-order valence-electron chi connectivity index (χ0n) is 15.9. The predicted molar refractivity (Wildman–Crippen MR) is 102 cm³/mol. The second kappa shape index (κ2) is 9.11. The van der Waals surface area contributed by atoms with Gasteiger partial charge >= 0.3 is 0 Å². The molecule has 0 spiro atoms. The van der Waals surface area contributed by atoms with Crippen molar-refractivity contribution >= 4 is 45.6 Å². The molecule has 17 heteroatoms. The van der Waals surface area contributed by atoms with E-state index < -0.39 is 73.0 Å². The molecule has 174 valence electrons. The van der Waals surface area contributed by atoms with Crippen LogP contribution in [-0.4, -0.2) is 48.5 Å². The lowest BCUT2D eigenvalue weighted by atomic mass is 10.1. The van der Waals surface area contributed by atoms with Crippen molar-refractivity contribution < 1.29 is 50.2 Å². The Balaban J connectivity index is 2.73. The van der Waals surface area contributed by atoms with Crippen LogP contribution < -0.4 is 9.79 Å². The van der Waals surface area contributed by atoms with Crippen LogP contribution >= 0.6 is 7.60 Å². The lowest BCUT2D eigenvalue weighted by Gasteiger charge is -2.29. The van der Waals surface area contributed by atoms with E-state index in [4.69, 9.17) is 4.55 Å². The lowest BCUT2D eigenvalue weighted by molar-refractivity contribution is -0.313. The van der Waals surface area contributed by atoms with E-state index in [0.717, 1.165) is 0 Å². The normalized spacial score (nSPS) is 12.9. The molecular weight excluding hydrogens is 493 g/mol. The van der Waals surface area contributed by atoms with Crippen molar-refractivity contribution in [3.63, 3.8) is 0 Å². The number of aldehydes is 1. The molecule has 0 radical (unpaired) electrons. The molecule has 0 fully saturated rings. The van der Waals surface area contributed by atoms with Crippen LogP contribution in [-0.2, 0) is 31.2 Å². The van der Waals surface area contributed by atoms with Crippen molar-refractivity contribution in [2.24, 2.45) is 10.2 Å². The van der Waals surface area contributed by atoms with E-state index >= 15 is 0 Å². The van der Waals surface area contributed by atoms with Crippen molar-refractivity contribution in [2.75, 3.05) is 6.16 Å². The van der Waals surface area contributed by atoms with Gasteiger partial charge in [0.25, 0.3) is 20.2 Å². The summed E-state index contributed by atoms with van der Waals surface area (Å²) in [6.45, 7) is 1.25. The monoisotopic (exact) mass is 507 g/mol. The van der Waals surface area contributed by atoms with Gasteiger partial charge in [-0.2, -0.15) is 16.8 Å². The minimum atomic E-state index is -5.04. The van der Waals surface area contributed by atoms with Gasteiger partial charge in [-0.25, -0.2) is 4.98 Å². The molecule has 0 saturated heterocycles. The van der Waals surface area contributed by atoms with E-state index in [1.165, 1.54) is 6.92 Å². The first-order chi connectivity index (χ1) is 14.5. The van der Waals surface area contributed by atoms with Crippen LogP contribution in [0.2, 0.25) is 0 Å². The van der Waals surface area contributed by atoms with E-state index in [1.807, 2.05) is 0 Å². The molecule has 1 heterocycles. The molecule has 2 aromatic rings. The number of carbonyl (C=O) groups is 1. The molecule has 0 amide bonds. The molecule has 0 unspecified atom stereocenters. The molecule has 32 heavy (non-hydrogen) atoms. The highest BCUT2D eigenvalue weighted by Crippen LogP contribution is 2.35. The van der Waals surface area contributed by atoms with Crippen LogP contribution in [0.15, 0.2) is 38.2 Å². The molecular formula is C15H14N3O11PS2-2. The van der Waals surface area contributed by atoms with Crippen LogP contribution in [0.25, 0.3) is 0 Å². The molecule has 1 aromatic carbocycles. The molecule has 0 aliphatic heterocycles. The maximum absolute atomic E-state index is 11.6. The van der Waals surface area contributed by atoms with Crippen LogP contribution in [0, 0.1) is 6.92 Å². The first kappa shape index (κ1) is 25.7. The van der Waals surface area contributed by atoms with Crippen molar-refractivity contribution in [3.05, 3.63) is 35.0 Å². The van der Waals surface area contributed by atoms with E-state index in [-0.39, 0.29) is 17.5 Å². The summed E-state index contributed by atoms with van der Waals surface area (Å²) < 4.78 is 75.2. The Morgan fingerprint density at radius 3 is 2.25 bits per heavy atom. The van der Waals surface area contributed by atoms with Crippen molar-refractivity contribution in [1.29, 1.82) is 0 Å². The van der Waals surface area contributed by atoms with Gasteiger partial charge < -0.3 is 19.5 Å². The van der Waals surface area contributed by atoms with Gasteiger partial charge in [0, 0.05) is 5.56 Å². The van der Waals surface area contributed by atoms with Gasteiger partial charge in [-0.1, -0.05) is 7.60 Å². The van der Waals surface area contributed by atoms with Gasteiger partial charge in [-0.15, -0.1) is 10.2 Å². The average molecular weight is 507 g/mol. The summed E-state index contributed by atoms with van der Waals surface area (Å²) in [7, 11) is -14.8. The summed E-state index contributed by atoms with van der Waals surface area (Å²) >= 11 is 0.